The van der Waals surface area contributed by atoms with Crippen LogP contribution in [0.2, 0.25) is 0 Å². The smallest absolute Gasteiger partial charge is 0.253 e. The van der Waals surface area contributed by atoms with Crippen LogP contribution < -0.4 is 16.4 Å². The second-order valence-electron chi connectivity index (χ2n) is 11.0. The number of hydrogen-bond acceptors (Lipinski definition) is 7. The van der Waals surface area contributed by atoms with Crippen molar-refractivity contribution in [3.05, 3.63) is 107 Å². The molecule has 0 aliphatic carbocycles. The van der Waals surface area contributed by atoms with Gasteiger partial charge in [0.25, 0.3) is 17.7 Å². The van der Waals surface area contributed by atoms with Gasteiger partial charge in [-0.05, 0) is 55.2 Å². The van der Waals surface area contributed by atoms with Crippen molar-refractivity contribution in [2.75, 3.05) is 13.1 Å². The van der Waals surface area contributed by atoms with Crippen LogP contribution in [0.1, 0.15) is 80.1 Å². The van der Waals surface area contributed by atoms with E-state index in [9.17, 15) is 34.7 Å². The van der Waals surface area contributed by atoms with Gasteiger partial charge < -0.3 is 31.5 Å². The Kier molecular flexibility index (Phi) is 13.4. The molecule has 0 saturated carbocycles. The van der Waals surface area contributed by atoms with Gasteiger partial charge >= 0.3 is 0 Å². The number of nitrogens with two attached hydrogens (primary N) is 1. The van der Waals surface area contributed by atoms with E-state index in [1.165, 1.54) is 18.2 Å². The highest BCUT2D eigenvalue weighted by molar-refractivity contribution is 6.04. The largest absolute Gasteiger partial charge is 0.388 e. The minimum atomic E-state index is -1.66. The first-order valence-corrected chi connectivity index (χ1v) is 15.3. The van der Waals surface area contributed by atoms with Gasteiger partial charge in [0.2, 0.25) is 5.91 Å². The summed E-state index contributed by atoms with van der Waals surface area (Å²) in [6, 6.07) is 20.8. The molecule has 3 aromatic rings. The molecule has 4 amide bonds. The van der Waals surface area contributed by atoms with E-state index in [0.717, 1.165) is 5.56 Å². The minimum absolute atomic E-state index is 0.0400. The first kappa shape index (κ1) is 35.4. The van der Waals surface area contributed by atoms with Crippen molar-refractivity contribution in [3.63, 3.8) is 0 Å². The standard InChI is InChI=1S/C35H41N5O6/c1-3-17-40(18-4-2)35(46)27-21-25(32(37)43)20-26(22-27)34(45)39-29(19-23-11-7-5-8-12-23)31(42)30(41)28(15-16-36)38-33(44)24-13-9-6-10-14-24/h5-14,20-22,28-31,41-42H,3-4,15,17-19H2,1-2H3,(H2,37,43)(H,38,44)(H,39,45). The molecule has 46 heavy (non-hydrogen) atoms. The molecule has 3 rings (SSSR count). The Morgan fingerprint density at radius 1 is 0.761 bits per heavy atom. The lowest BCUT2D eigenvalue weighted by Crippen LogP contribution is -2.56. The Bertz CT molecular complexity index is 1520. The second-order valence-corrected chi connectivity index (χ2v) is 11.0. The van der Waals surface area contributed by atoms with Gasteiger partial charge in [-0.15, -0.1) is 0 Å². The lowest BCUT2D eigenvalue weighted by atomic mass is 9.92. The zero-order valence-corrected chi connectivity index (χ0v) is 26.1. The monoisotopic (exact) mass is 627 g/mol. The maximum atomic E-state index is 13.7. The van der Waals surface area contributed by atoms with Crippen LogP contribution in [0.15, 0.2) is 78.9 Å². The Labute approximate surface area is 269 Å². The van der Waals surface area contributed by atoms with Gasteiger partial charge in [0, 0.05) is 35.3 Å². The average molecular weight is 628 g/mol. The number of aliphatic hydroxyl groups is 2. The molecular weight excluding hydrogens is 586 g/mol. The van der Waals surface area contributed by atoms with Crippen LogP contribution in [0.3, 0.4) is 0 Å². The van der Waals surface area contributed by atoms with Gasteiger partial charge in [-0.2, -0.15) is 5.26 Å². The van der Waals surface area contributed by atoms with Crippen LogP contribution >= 0.6 is 0 Å². The van der Waals surface area contributed by atoms with Crippen LogP contribution in [0.5, 0.6) is 0 Å². The van der Waals surface area contributed by atoms with Crippen LogP contribution in [-0.4, -0.2) is 76.1 Å². The summed E-state index contributed by atoms with van der Waals surface area (Å²) in [5.74, 6) is -2.46. The molecule has 0 radical (unpaired) electrons. The van der Waals surface area contributed by atoms with E-state index >= 15 is 0 Å². The number of benzene rings is 3. The number of nitriles is 1. The maximum absolute atomic E-state index is 13.7. The molecule has 11 nitrogen and oxygen atoms in total. The fraction of sp³-hybridized carbons (Fsp3) is 0.343. The molecule has 0 spiro atoms. The summed E-state index contributed by atoms with van der Waals surface area (Å²) >= 11 is 0. The Morgan fingerprint density at radius 3 is 1.83 bits per heavy atom. The molecule has 0 aromatic heterocycles. The zero-order valence-electron chi connectivity index (χ0n) is 26.1. The number of rotatable bonds is 16. The number of amides is 4. The lowest BCUT2D eigenvalue weighted by Gasteiger charge is -2.32. The topological polar surface area (TPSA) is 186 Å². The molecular formula is C35H41N5O6. The summed E-state index contributed by atoms with van der Waals surface area (Å²) < 4.78 is 0. The van der Waals surface area contributed by atoms with Gasteiger partial charge in [0.1, 0.15) is 12.2 Å². The summed E-state index contributed by atoms with van der Waals surface area (Å²) in [7, 11) is 0. The highest BCUT2D eigenvalue weighted by Gasteiger charge is 2.35. The third kappa shape index (κ3) is 9.72. The van der Waals surface area contributed by atoms with Crippen molar-refractivity contribution in [3.8, 4) is 6.07 Å². The van der Waals surface area contributed by atoms with Crippen molar-refractivity contribution >= 4 is 23.6 Å². The predicted molar refractivity (Wildman–Crippen MR) is 173 cm³/mol. The number of carbonyl (C=O) groups excluding carboxylic acids is 4. The Hall–Kier alpha value is -5.05. The van der Waals surface area contributed by atoms with E-state index in [4.69, 9.17) is 5.73 Å². The van der Waals surface area contributed by atoms with E-state index in [1.54, 1.807) is 65.6 Å². The van der Waals surface area contributed by atoms with Crippen LogP contribution in [-0.2, 0) is 6.42 Å². The molecule has 0 bridgehead atoms. The van der Waals surface area contributed by atoms with Gasteiger partial charge in [-0.25, -0.2) is 0 Å². The van der Waals surface area contributed by atoms with Crippen molar-refractivity contribution in [1.82, 2.24) is 15.5 Å². The molecule has 4 atom stereocenters. The summed E-state index contributed by atoms with van der Waals surface area (Å²) in [5.41, 5.74) is 6.61. The number of primary amides is 1. The fourth-order valence-corrected chi connectivity index (χ4v) is 5.11. The number of nitrogens with one attached hydrogen (secondary N) is 2. The number of aliphatic hydroxyl groups excluding tert-OH is 2. The summed E-state index contributed by atoms with van der Waals surface area (Å²) in [6.45, 7) is 4.86. The Morgan fingerprint density at radius 2 is 1.26 bits per heavy atom. The molecule has 0 fully saturated rings. The molecule has 0 aliphatic heterocycles. The first-order chi connectivity index (χ1) is 22.1. The molecule has 3 aromatic carbocycles. The normalized spacial score (nSPS) is 13.4. The number of carbonyl (C=O) groups is 4. The summed E-state index contributed by atoms with van der Waals surface area (Å²) in [4.78, 5) is 53.7. The van der Waals surface area contributed by atoms with Gasteiger partial charge in [-0.3, -0.25) is 19.2 Å². The first-order valence-electron chi connectivity index (χ1n) is 15.3. The van der Waals surface area contributed by atoms with Crippen molar-refractivity contribution in [2.45, 2.75) is 63.8 Å². The average Bonchev–Trinajstić information content (AvgIpc) is 3.07. The number of hydrogen-bond donors (Lipinski definition) is 5. The van der Waals surface area contributed by atoms with Gasteiger partial charge in [0.05, 0.1) is 24.6 Å². The van der Waals surface area contributed by atoms with Crippen molar-refractivity contribution < 1.29 is 29.4 Å². The lowest BCUT2D eigenvalue weighted by molar-refractivity contribution is -0.0212. The summed E-state index contributed by atoms with van der Waals surface area (Å²) in [5, 5.41) is 37.5. The maximum Gasteiger partial charge on any atom is 0.253 e. The quantitative estimate of drug-likeness (QED) is 0.162. The van der Waals surface area contributed by atoms with Crippen LogP contribution in [0, 0.1) is 11.3 Å². The third-order valence-corrected chi connectivity index (χ3v) is 7.45. The van der Waals surface area contributed by atoms with E-state index < -0.39 is 42.0 Å². The third-order valence-electron chi connectivity index (χ3n) is 7.45. The summed E-state index contributed by atoms with van der Waals surface area (Å²) in [6.07, 6.45) is -2.13. The van der Waals surface area contributed by atoms with Crippen molar-refractivity contribution in [2.24, 2.45) is 5.73 Å². The van der Waals surface area contributed by atoms with E-state index in [-0.39, 0.29) is 35.4 Å². The molecule has 242 valence electrons. The predicted octanol–water partition coefficient (Wildman–Crippen LogP) is 2.82. The zero-order chi connectivity index (χ0) is 33.6. The Balaban J connectivity index is 1.94. The second kappa shape index (κ2) is 17.4. The van der Waals surface area contributed by atoms with Crippen molar-refractivity contribution in [1.29, 1.82) is 5.26 Å². The minimum Gasteiger partial charge on any atom is -0.388 e. The van der Waals surface area contributed by atoms with E-state index in [2.05, 4.69) is 10.6 Å². The highest BCUT2D eigenvalue weighted by atomic mass is 16.3. The van der Waals surface area contributed by atoms with Gasteiger partial charge in [0.15, 0.2) is 0 Å². The van der Waals surface area contributed by atoms with E-state index in [1.807, 2.05) is 19.9 Å². The molecule has 0 heterocycles. The molecule has 0 saturated heterocycles. The molecule has 11 heteroatoms. The fourth-order valence-electron chi connectivity index (χ4n) is 5.11. The molecule has 4 unspecified atom stereocenters. The van der Waals surface area contributed by atoms with E-state index in [0.29, 0.717) is 31.5 Å². The molecule has 0 aliphatic rings. The highest BCUT2D eigenvalue weighted by Crippen LogP contribution is 2.17. The van der Waals surface area contributed by atoms with Crippen LogP contribution in [0.25, 0.3) is 0 Å². The number of nitrogens with zero attached hydrogens (tertiary/aromatic N) is 2. The van der Waals surface area contributed by atoms with Crippen LogP contribution in [0.4, 0.5) is 0 Å². The molecule has 6 N–H and O–H groups in total. The SMILES string of the molecule is CCCN(CCC)C(=O)c1cc(C(N)=O)cc(C(=O)NC(Cc2ccccc2)C(O)C(O)C(CC#N)NC(=O)c2ccccc2)c1. The van der Waals surface area contributed by atoms with Gasteiger partial charge in [-0.1, -0.05) is 62.4 Å².